The zero-order valence-electron chi connectivity index (χ0n) is 8.34. The second-order valence-corrected chi connectivity index (χ2v) is 5.07. The Bertz CT molecular complexity index is 390. The van der Waals surface area contributed by atoms with Gasteiger partial charge in [0.05, 0.1) is 4.91 Å². The Hall–Kier alpha value is -0.870. The molecule has 0 unspecified atom stereocenters. The van der Waals surface area contributed by atoms with Gasteiger partial charge in [-0.15, -0.1) is 0 Å². The summed E-state index contributed by atoms with van der Waals surface area (Å²) in [6.07, 6.45) is 4.02. The van der Waals surface area contributed by atoms with Crippen LogP contribution in [0, 0.1) is 0 Å². The van der Waals surface area contributed by atoms with E-state index in [1.165, 1.54) is 13.1 Å². The van der Waals surface area contributed by atoms with E-state index in [-0.39, 0.29) is 4.91 Å². The third-order valence-corrected chi connectivity index (χ3v) is 3.90. The van der Waals surface area contributed by atoms with Crippen LogP contribution in [0.3, 0.4) is 0 Å². The van der Waals surface area contributed by atoms with E-state index < -0.39 is 10.0 Å². The van der Waals surface area contributed by atoms with Gasteiger partial charge >= 0.3 is 0 Å². The first-order chi connectivity index (χ1) is 6.53. The second-order valence-electron chi connectivity index (χ2n) is 3.21. The van der Waals surface area contributed by atoms with Gasteiger partial charge in [-0.3, -0.25) is 0 Å². The van der Waals surface area contributed by atoms with Crippen LogP contribution in [-0.4, -0.2) is 15.5 Å². The van der Waals surface area contributed by atoms with E-state index in [0.717, 1.165) is 30.4 Å². The fourth-order valence-corrected chi connectivity index (χ4v) is 2.62. The van der Waals surface area contributed by atoms with Crippen LogP contribution in [0.15, 0.2) is 35.3 Å². The molecule has 14 heavy (non-hydrogen) atoms. The maximum absolute atomic E-state index is 11.6. The van der Waals surface area contributed by atoms with Crippen molar-refractivity contribution in [3.05, 3.63) is 35.3 Å². The molecule has 1 N–H and O–H groups in total. The average Bonchev–Trinajstić information content (AvgIpc) is 2.53. The topological polar surface area (TPSA) is 46.2 Å². The molecule has 1 saturated carbocycles. The van der Waals surface area contributed by atoms with Crippen molar-refractivity contribution in [3.8, 4) is 0 Å². The van der Waals surface area contributed by atoms with Crippen LogP contribution in [-0.2, 0) is 10.0 Å². The molecule has 0 aromatic heterocycles. The molecule has 0 heterocycles. The maximum atomic E-state index is 11.6. The summed E-state index contributed by atoms with van der Waals surface area (Å²) in [7, 11) is -1.98. The van der Waals surface area contributed by atoms with Crippen LogP contribution >= 0.6 is 0 Å². The van der Waals surface area contributed by atoms with Gasteiger partial charge < -0.3 is 0 Å². The summed E-state index contributed by atoms with van der Waals surface area (Å²) in [5.74, 6) is 0. The van der Waals surface area contributed by atoms with Gasteiger partial charge in [-0.2, -0.15) is 0 Å². The molecular formula is C10H15NO2S. The highest BCUT2D eigenvalue weighted by atomic mass is 32.2. The molecule has 0 spiro atoms. The summed E-state index contributed by atoms with van der Waals surface area (Å²) in [6, 6.07) is 0. The molecule has 0 aromatic rings. The van der Waals surface area contributed by atoms with Gasteiger partial charge in [0.2, 0.25) is 10.0 Å². The lowest BCUT2D eigenvalue weighted by atomic mass is 10.1. The van der Waals surface area contributed by atoms with Crippen LogP contribution in [0.25, 0.3) is 0 Å². The molecule has 3 nitrogen and oxygen atoms in total. The van der Waals surface area contributed by atoms with Crippen molar-refractivity contribution in [1.29, 1.82) is 0 Å². The number of nitrogens with one attached hydrogen (secondary N) is 1. The minimum atomic E-state index is -3.38. The number of hydrogen-bond acceptors (Lipinski definition) is 2. The number of rotatable bonds is 3. The quantitative estimate of drug-likeness (QED) is 0.776. The smallest absolute Gasteiger partial charge is 0.214 e. The van der Waals surface area contributed by atoms with E-state index in [9.17, 15) is 8.42 Å². The van der Waals surface area contributed by atoms with E-state index in [0.29, 0.717) is 0 Å². The molecule has 0 aliphatic heterocycles. The van der Waals surface area contributed by atoms with Gasteiger partial charge in [0.15, 0.2) is 0 Å². The van der Waals surface area contributed by atoms with Crippen molar-refractivity contribution in [2.24, 2.45) is 0 Å². The first kappa shape index (κ1) is 11.2. The van der Waals surface area contributed by atoms with Crippen LogP contribution < -0.4 is 4.72 Å². The van der Waals surface area contributed by atoms with Crippen LogP contribution in [0.4, 0.5) is 0 Å². The standard InChI is InChI=1S/C10H15NO2S/c1-4-10(14(12,13)11-3)9-7-5-6-8(9)2/h4,11H,1-2,5-7H2,3H3/b10-9+. The van der Waals surface area contributed by atoms with Crippen molar-refractivity contribution >= 4 is 10.0 Å². The lowest BCUT2D eigenvalue weighted by Gasteiger charge is -2.07. The molecular weight excluding hydrogens is 198 g/mol. The van der Waals surface area contributed by atoms with Gasteiger partial charge in [-0.1, -0.05) is 18.7 Å². The molecule has 1 fully saturated rings. The molecule has 78 valence electrons. The summed E-state index contributed by atoms with van der Waals surface area (Å²) in [4.78, 5) is 0.280. The fourth-order valence-electron chi connectivity index (χ4n) is 1.61. The second kappa shape index (κ2) is 4.11. The van der Waals surface area contributed by atoms with Gasteiger partial charge in [-0.25, -0.2) is 13.1 Å². The Morgan fingerprint density at radius 2 is 2.14 bits per heavy atom. The predicted octanol–water partition coefficient (Wildman–Crippen LogP) is 1.72. The van der Waals surface area contributed by atoms with E-state index in [1.54, 1.807) is 0 Å². The van der Waals surface area contributed by atoms with Gasteiger partial charge in [0.1, 0.15) is 0 Å². The van der Waals surface area contributed by atoms with Crippen molar-refractivity contribution in [3.63, 3.8) is 0 Å². The summed E-state index contributed by atoms with van der Waals surface area (Å²) >= 11 is 0. The molecule has 1 aliphatic rings. The molecule has 1 aliphatic carbocycles. The molecule has 1 rings (SSSR count). The zero-order chi connectivity index (χ0) is 10.8. The Balaban J connectivity index is 3.27. The fraction of sp³-hybridized carbons (Fsp3) is 0.400. The van der Waals surface area contributed by atoms with Crippen molar-refractivity contribution < 1.29 is 8.42 Å². The van der Waals surface area contributed by atoms with Crippen LogP contribution in [0.2, 0.25) is 0 Å². The molecule has 0 bridgehead atoms. The summed E-state index contributed by atoms with van der Waals surface area (Å²) in [6.45, 7) is 7.39. The highest BCUT2D eigenvalue weighted by Crippen LogP contribution is 2.33. The van der Waals surface area contributed by atoms with Crippen molar-refractivity contribution in [2.75, 3.05) is 7.05 Å². The Labute approximate surface area is 85.3 Å². The van der Waals surface area contributed by atoms with Crippen molar-refractivity contribution in [2.45, 2.75) is 19.3 Å². The Morgan fingerprint density at radius 3 is 2.50 bits per heavy atom. The molecule has 0 saturated heterocycles. The molecule has 0 aromatic carbocycles. The summed E-state index contributed by atoms with van der Waals surface area (Å²) in [5.41, 5.74) is 1.74. The summed E-state index contributed by atoms with van der Waals surface area (Å²) in [5, 5.41) is 0. The van der Waals surface area contributed by atoms with Crippen LogP contribution in [0.1, 0.15) is 19.3 Å². The van der Waals surface area contributed by atoms with E-state index in [1.807, 2.05) is 0 Å². The first-order valence-electron chi connectivity index (χ1n) is 4.50. The van der Waals surface area contributed by atoms with Crippen LogP contribution in [0.5, 0.6) is 0 Å². The number of sulfonamides is 1. The predicted molar refractivity (Wildman–Crippen MR) is 58.2 cm³/mol. The minimum Gasteiger partial charge on any atom is -0.214 e. The third kappa shape index (κ3) is 1.96. The molecule has 0 atom stereocenters. The highest BCUT2D eigenvalue weighted by molar-refractivity contribution is 7.93. The third-order valence-electron chi connectivity index (χ3n) is 2.37. The van der Waals surface area contributed by atoms with Gasteiger partial charge in [0.25, 0.3) is 0 Å². The normalized spacial score (nSPS) is 21.1. The Morgan fingerprint density at radius 1 is 1.50 bits per heavy atom. The molecule has 4 heteroatoms. The zero-order valence-corrected chi connectivity index (χ0v) is 9.15. The van der Waals surface area contributed by atoms with Gasteiger partial charge in [0, 0.05) is 0 Å². The Kier molecular flexibility index (Phi) is 3.29. The lowest BCUT2D eigenvalue weighted by molar-refractivity contribution is 0.595. The largest absolute Gasteiger partial charge is 0.240 e. The summed E-state index contributed by atoms with van der Waals surface area (Å²) < 4.78 is 25.5. The minimum absolute atomic E-state index is 0.280. The number of hydrogen-bond donors (Lipinski definition) is 1. The SMILES string of the molecule is C=C/C(=C1/CCCC1=C)S(=O)(=O)NC. The van der Waals surface area contributed by atoms with Gasteiger partial charge in [-0.05, 0) is 38.0 Å². The van der Waals surface area contributed by atoms with E-state index in [2.05, 4.69) is 17.9 Å². The highest BCUT2D eigenvalue weighted by Gasteiger charge is 2.22. The maximum Gasteiger partial charge on any atom is 0.240 e. The monoisotopic (exact) mass is 213 g/mol. The van der Waals surface area contributed by atoms with E-state index >= 15 is 0 Å². The first-order valence-corrected chi connectivity index (χ1v) is 5.98. The molecule has 0 radical (unpaired) electrons. The van der Waals surface area contributed by atoms with Crippen molar-refractivity contribution in [1.82, 2.24) is 4.72 Å². The molecule has 0 amide bonds. The number of allylic oxidation sites excluding steroid dienone is 3. The average molecular weight is 213 g/mol. The van der Waals surface area contributed by atoms with E-state index in [4.69, 9.17) is 0 Å². The lowest BCUT2D eigenvalue weighted by Crippen LogP contribution is -2.20.